The van der Waals surface area contributed by atoms with Crippen molar-refractivity contribution in [2.75, 3.05) is 44.9 Å². The van der Waals surface area contributed by atoms with Gasteiger partial charge < -0.3 is 19.3 Å². The normalized spacial score (nSPS) is 14.4. The van der Waals surface area contributed by atoms with Gasteiger partial charge in [-0.3, -0.25) is 4.79 Å². The Morgan fingerprint density at radius 3 is 2.19 bits per heavy atom. The molecular weight excluding hydrogens is 575 g/mol. The second-order valence-electron chi connectivity index (χ2n) is 10.2. The van der Waals surface area contributed by atoms with Crippen molar-refractivity contribution in [1.82, 2.24) is 9.88 Å². The number of likely N-dealkylation sites (tertiary alicyclic amines) is 1. The number of carbonyl (C=O) groups excluding carboxylic acids is 2. The van der Waals surface area contributed by atoms with Crippen LogP contribution in [-0.2, 0) is 14.6 Å². The van der Waals surface area contributed by atoms with Gasteiger partial charge in [0, 0.05) is 51.3 Å². The lowest BCUT2D eigenvalue weighted by atomic mass is 9.97. The molecule has 1 aromatic heterocycles. The molecule has 0 unspecified atom stereocenters. The number of hydrogen-bond acceptors (Lipinski definition) is 8. The summed E-state index contributed by atoms with van der Waals surface area (Å²) >= 11 is 0. The van der Waals surface area contributed by atoms with Crippen molar-refractivity contribution in [3.63, 3.8) is 0 Å². The number of aromatic nitrogens is 1. The van der Waals surface area contributed by atoms with Crippen LogP contribution in [0.3, 0.4) is 0 Å². The van der Waals surface area contributed by atoms with E-state index in [0.717, 1.165) is 17.4 Å². The van der Waals surface area contributed by atoms with Gasteiger partial charge in [-0.05, 0) is 54.7 Å². The van der Waals surface area contributed by atoms with Crippen molar-refractivity contribution in [2.45, 2.75) is 23.9 Å². The van der Waals surface area contributed by atoms with Crippen LogP contribution < -0.4 is 14.4 Å². The summed E-state index contributed by atoms with van der Waals surface area (Å²) < 4.78 is 72.6. The van der Waals surface area contributed by atoms with Crippen LogP contribution in [0.5, 0.6) is 11.6 Å². The van der Waals surface area contributed by atoms with Crippen LogP contribution in [0.25, 0.3) is 11.1 Å². The number of para-hydroxylation sites is 1. The summed E-state index contributed by atoms with van der Waals surface area (Å²) in [5, 5.41) is 0. The molecule has 1 amide bonds. The Morgan fingerprint density at radius 2 is 1.64 bits per heavy atom. The fourth-order valence-electron chi connectivity index (χ4n) is 4.51. The van der Waals surface area contributed by atoms with Crippen LogP contribution >= 0.6 is 0 Å². The number of anilines is 1. The van der Waals surface area contributed by atoms with E-state index in [1.54, 1.807) is 50.6 Å². The fraction of sp³-hybridized carbons (Fsp3) is 0.345. The summed E-state index contributed by atoms with van der Waals surface area (Å²) in [7, 11) is -0.140. The van der Waals surface area contributed by atoms with E-state index in [1.165, 1.54) is 28.0 Å². The molecule has 1 saturated heterocycles. The molecule has 4 rings (SSSR count). The molecule has 0 bridgehead atoms. The average Bonchev–Trinajstić information content (AvgIpc) is 2.95. The number of hydrogen-bond donors (Lipinski definition) is 0. The summed E-state index contributed by atoms with van der Waals surface area (Å²) in [5.74, 6) is -2.81. The van der Waals surface area contributed by atoms with E-state index >= 15 is 0 Å². The SMILES string of the molecule is CN(C)c1cccc(C(=O)N2CCC(COc3ccc(-c4ccc(S(C)(=O)=O)cc4)cn3)CC2)c1OC(=O)C(F)(F)F. The number of sulfone groups is 1. The van der Waals surface area contributed by atoms with Crippen molar-refractivity contribution < 1.29 is 40.7 Å². The maximum atomic E-state index is 13.3. The number of ether oxygens (including phenoxy) is 2. The van der Waals surface area contributed by atoms with Crippen LogP contribution in [0, 0.1) is 5.92 Å². The number of benzene rings is 2. The minimum atomic E-state index is -5.21. The van der Waals surface area contributed by atoms with E-state index in [9.17, 15) is 31.2 Å². The summed E-state index contributed by atoms with van der Waals surface area (Å²) in [6, 6.07) is 14.4. The number of piperidine rings is 1. The topological polar surface area (TPSA) is 106 Å². The third kappa shape index (κ3) is 7.38. The highest BCUT2D eigenvalue weighted by Crippen LogP contribution is 2.34. The van der Waals surface area contributed by atoms with Gasteiger partial charge in [-0.2, -0.15) is 13.2 Å². The second-order valence-corrected chi connectivity index (χ2v) is 12.2. The molecule has 1 aliphatic rings. The Hall–Kier alpha value is -4.13. The molecule has 0 aliphatic carbocycles. The van der Waals surface area contributed by atoms with Crippen LogP contribution in [0.2, 0.25) is 0 Å². The van der Waals surface area contributed by atoms with Gasteiger partial charge in [0.25, 0.3) is 5.91 Å². The predicted octanol–water partition coefficient (Wildman–Crippen LogP) is 4.62. The van der Waals surface area contributed by atoms with E-state index in [4.69, 9.17) is 4.74 Å². The van der Waals surface area contributed by atoms with Gasteiger partial charge in [0.05, 0.1) is 22.8 Å². The van der Waals surface area contributed by atoms with Gasteiger partial charge >= 0.3 is 12.1 Å². The molecule has 3 aromatic rings. The number of rotatable bonds is 8. The molecule has 0 spiro atoms. The highest BCUT2D eigenvalue weighted by atomic mass is 32.2. The van der Waals surface area contributed by atoms with Crippen LogP contribution in [-0.4, -0.2) is 76.4 Å². The first-order chi connectivity index (χ1) is 19.7. The minimum Gasteiger partial charge on any atom is -0.477 e. The van der Waals surface area contributed by atoms with Gasteiger partial charge in [0.15, 0.2) is 15.6 Å². The highest BCUT2D eigenvalue weighted by Gasteiger charge is 2.42. The molecular formula is C29H30F3N3O6S. The summed E-state index contributed by atoms with van der Waals surface area (Å²) in [6.07, 6.45) is -1.22. The maximum absolute atomic E-state index is 13.3. The Bertz CT molecular complexity index is 1530. The van der Waals surface area contributed by atoms with Crippen LogP contribution in [0.4, 0.5) is 18.9 Å². The number of pyridine rings is 1. The molecule has 0 radical (unpaired) electrons. The van der Waals surface area contributed by atoms with E-state index in [1.807, 2.05) is 6.07 Å². The van der Waals surface area contributed by atoms with E-state index in [0.29, 0.717) is 38.4 Å². The average molecular weight is 606 g/mol. The third-order valence-corrected chi connectivity index (χ3v) is 7.98. The van der Waals surface area contributed by atoms with Gasteiger partial charge in [-0.15, -0.1) is 0 Å². The number of carbonyl (C=O) groups is 2. The van der Waals surface area contributed by atoms with E-state index < -0.39 is 33.6 Å². The second kappa shape index (κ2) is 12.4. The first-order valence-corrected chi connectivity index (χ1v) is 14.9. The molecule has 1 fully saturated rings. The minimum absolute atomic E-state index is 0.120. The number of alkyl halides is 3. The quantitative estimate of drug-likeness (QED) is 0.271. The van der Waals surface area contributed by atoms with Gasteiger partial charge in [-0.25, -0.2) is 18.2 Å². The zero-order valence-electron chi connectivity index (χ0n) is 23.2. The van der Waals surface area contributed by atoms with Crippen LogP contribution in [0.15, 0.2) is 65.7 Å². The smallest absolute Gasteiger partial charge is 0.477 e. The lowest BCUT2D eigenvalue weighted by molar-refractivity contribution is -0.189. The van der Waals surface area contributed by atoms with E-state index in [2.05, 4.69) is 9.72 Å². The third-order valence-electron chi connectivity index (χ3n) is 6.85. The molecule has 9 nitrogen and oxygen atoms in total. The fourth-order valence-corrected chi connectivity index (χ4v) is 5.14. The predicted molar refractivity (Wildman–Crippen MR) is 149 cm³/mol. The number of amides is 1. The van der Waals surface area contributed by atoms with Crippen molar-refractivity contribution in [1.29, 1.82) is 0 Å². The van der Waals surface area contributed by atoms with Gasteiger partial charge in [-0.1, -0.05) is 18.2 Å². The number of esters is 1. The van der Waals surface area contributed by atoms with Crippen molar-refractivity contribution >= 4 is 27.4 Å². The number of halogens is 3. The lowest BCUT2D eigenvalue weighted by Gasteiger charge is -2.32. The standard InChI is InChI=1S/C29H30F3N3O6S/c1-34(2)24-6-4-5-23(26(24)41-28(37)29(30,31)32)27(36)35-15-13-19(14-16-35)18-40-25-12-9-21(17-33-25)20-7-10-22(11-8-20)42(3,38)39/h4-12,17,19H,13-16,18H2,1-3H3. The van der Waals surface area contributed by atoms with Gasteiger partial charge in [0.1, 0.15) is 0 Å². The molecule has 42 heavy (non-hydrogen) atoms. The Balaban J connectivity index is 1.34. The maximum Gasteiger partial charge on any atom is 0.491 e. The monoisotopic (exact) mass is 605 g/mol. The molecule has 0 N–H and O–H groups in total. The first-order valence-electron chi connectivity index (χ1n) is 13.0. The zero-order chi connectivity index (χ0) is 30.7. The lowest BCUT2D eigenvalue weighted by Crippen LogP contribution is -2.40. The van der Waals surface area contributed by atoms with Gasteiger partial charge in [0.2, 0.25) is 5.88 Å². The largest absolute Gasteiger partial charge is 0.491 e. The molecule has 2 heterocycles. The molecule has 224 valence electrons. The van der Waals surface area contributed by atoms with Crippen molar-refractivity contribution in [3.05, 3.63) is 66.4 Å². The summed E-state index contributed by atoms with van der Waals surface area (Å²) in [4.78, 5) is 32.5. The Kier molecular flexibility index (Phi) is 9.09. The summed E-state index contributed by atoms with van der Waals surface area (Å²) in [5.41, 5.74) is 1.66. The van der Waals surface area contributed by atoms with Crippen LogP contribution in [0.1, 0.15) is 23.2 Å². The summed E-state index contributed by atoms with van der Waals surface area (Å²) in [6.45, 7) is 1.06. The molecule has 13 heteroatoms. The zero-order valence-corrected chi connectivity index (χ0v) is 24.0. The first kappa shape index (κ1) is 30.8. The highest BCUT2D eigenvalue weighted by molar-refractivity contribution is 7.90. The molecule has 1 aliphatic heterocycles. The Labute approximate surface area is 241 Å². The van der Waals surface area contributed by atoms with E-state index in [-0.39, 0.29) is 22.1 Å². The molecule has 0 atom stereocenters. The number of nitrogens with zero attached hydrogens (tertiary/aromatic N) is 3. The van der Waals surface area contributed by atoms with Crippen molar-refractivity contribution in [2.24, 2.45) is 5.92 Å². The Morgan fingerprint density at radius 1 is 1.00 bits per heavy atom. The van der Waals surface area contributed by atoms with Crippen molar-refractivity contribution in [3.8, 4) is 22.8 Å². The molecule has 0 saturated carbocycles. The molecule has 2 aromatic carbocycles.